The number of rotatable bonds is 3. The van der Waals surface area contributed by atoms with Crippen molar-refractivity contribution in [1.29, 1.82) is 0 Å². The normalized spacial score (nSPS) is 10.6. The first-order valence-electron chi connectivity index (χ1n) is 6.21. The number of nitrogens with zero attached hydrogens (tertiary/aromatic N) is 2. The number of hydrogen-bond acceptors (Lipinski definition) is 4. The highest BCUT2D eigenvalue weighted by molar-refractivity contribution is 7.18. The van der Waals surface area contributed by atoms with Crippen LogP contribution in [0.4, 0.5) is 5.69 Å². The van der Waals surface area contributed by atoms with Gasteiger partial charge < -0.3 is 0 Å². The Morgan fingerprint density at radius 3 is 2.27 bits per heavy atom. The lowest BCUT2D eigenvalue weighted by molar-refractivity contribution is -0.384. The summed E-state index contributed by atoms with van der Waals surface area (Å²) in [5.41, 5.74) is 1.61. The average Bonchev–Trinajstić information content (AvgIpc) is 2.97. The second-order valence-electron chi connectivity index (χ2n) is 4.43. The predicted molar refractivity (Wildman–Crippen MR) is 89.7 cm³/mol. The first-order chi connectivity index (χ1) is 10.6. The molecule has 0 unspecified atom stereocenters. The molecule has 0 radical (unpaired) electrons. The van der Waals surface area contributed by atoms with Crippen LogP contribution < -0.4 is 0 Å². The van der Waals surface area contributed by atoms with Crippen molar-refractivity contribution in [3.8, 4) is 21.0 Å². The van der Waals surface area contributed by atoms with E-state index in [1.54, 1.807) is 36.5 Å². The van der Waals surface area contributed by atoms with Crippen LogP contribution in [0.5, 0.6) is 0 Å². The maximum Gasteiger partial charge on any atom is 0.269 e. The Morgan fingerprint density at radius 1 is 1.05 bits per heavy atom. The zero-order valence-corrected chi connectivity index (χ0v) is 13.3. The fourth-order valence-electron chi connectivity index (χ4n) is 1.97. The molecule has 0 aliphatic heterocycles. The van der Waals surface area contributed by atoms with Crippen molar-refractivity contribution >= 4 is 40.2 Å². The van der Waals surface area contributed by atoms with Gasteiger partial charge >= 0.3 is 0 Å². The van der Waals surface area contributed by atoms with Gasteiger partial charge in [-0.2, -0.15) is 0 Å². The number of thiazole rings is 1. The Hall–Kier alpha value is -1.95. The molecule has 1 heterocycles. The van der Waals surface area contributed by atoms with Crippen LogP contribution in [-0.4, -0.2) is 9.91 Å². The minimum atomic E-state index is -0.425. The van der Waals surface area contributed by atoms with Gasteiger partial charge in [0, 0.05) is 23.9 Å². The number of nitro benzene ring substituents is 1. The highest BCUT2D eigenvalue weighted by Crippen LogP contribution is 2.39. The summed E-state index contributed by atoms with van der Waals surface area (Å²) in [6.45, 7) is 0. The molecule has 0 amide bonds. The van der Waals surface area contributed by atoms with Gasteiger partial charge in [-0.05, 0) is 29.8 Å². The van der Waals surface area contributed by atoms with Gasteiger partial charge in [-0.3, -0.25) is 10.1 Å². The van der Waals surface area contributed by atoms with Crippen molar-refractivity contribution in [3.63, 3.8) is 0 Å². The largest absolute Gasteiger partial charge is 0.269 e. The van der Waals surface area contributed by atoms with Gasteiger partial charge in [0.05, 0.1) is 19.8 Å². The minimum Gasteiger partial charge on any atom is -0.258 e. The predicted octanol–water partition coefficient (Wildman–Crippen LogP) is 5.69. The summed E-state index contributed by atoms with van der Waals surface area (Å²) in [6, 6.07) is 11.6. The van der Waals surface area contributed by atoms with Crippen molar-refractivity contribution < 1.29 is 4.92 Å². The SMILES string of the molecule is O=[N+]([O-])c1ccc(-c2cnc(-c3c(Cl)cccc3Cl)s2)cc1. The molecule has 3 aromatic rings. The van der Waals surface area contributed by atoms with Crippen LogP contribution in [0, 0.1) is 10.1 Å². The minimum absolute atomic E-state index is 0.0580. The number of aromatic nitrogens is 1. The van der Waals surface area contributed by atoms with E-state index < -0.39 is 4.92 Å². The van der Waals surface area contributed by atoms with E-state index in [0.717, 1.165) is 10.4 Å². The van der Waals surface area contributed by atoms with Crippen LogP contribution in [0.15, 0.2) is 48.7 Å². The average molecular weight is 351 g/mol. The van der Waals surface area contributed by atoms with E-state index >= 15 is 0 Å². The molecule has 0 atom stereocenters. The van der Waals surface area contributed by atoms with Crippen molar-refractivity contribution in [2.24, 2.45) is 0 Å². The Balaban J connectivity index is 1.99. The third kappa shape index (κ3) is 2.83. The number of benzene rings is 2. The van der Waals surface area contributed by atoms with Crippen LogP contribution >= 0.6 is 34.5 Å². The van der Waals surface area contributed by atoms with Crippen molar-refractivity contribution in [3.05, 3.63) is 68.8 Å². The summed E-state index contributed by atoms with van der Waals surface area (Å²) in [5.74, 6) is 0. The van der Waals surface area contributed by atoms with Crippen LogP contribution in [-0.2, 0) is 0 Å². The molecule has 0 aliphatic carbocycles. The van der Waals surface area contributed by atoms with E-state index in [1.165, 1.54) is 23.5 Å². The van der Waals surface area contributed by atoms with Gasteiger partial charge in [0.15, 0.2) is 0 Å². The van der Waals surface area contributed by atoms with E-state index in [9.17, 15) is 10.1 Å². The summed E-state index contributed by atoms with van der Waals surface area (Å²) in [4.78, 5) is 15.5. The highest BCUT2D eigenvalue weighted by atomic mass is 35.5. The van der Waals surface area contributed by atoms with Gasteiger partial charge in [0.25, 0.3) is 5.69 Å². The summed E-state index contributed by atoms with van der Waals surface area (Å²) in [7, 11) is 0. The zero-order chi connectivity index (χ0) is 15.7. The smallest absolute Gasteiger partial charge is 0.258 e. The van der Waals surface area contributed by atoms with E-state index in [4.69, 9.17) is 23.2 Å². The van der Waals surface area contributed by atoms with Gasteiger partial charge in [-0.15, -0.1) is 11.3 Å². The number of non-ortho nitro benzene ring substituents is 1. The molecule has 0 saturated heterocycles. The van der Waals surface area contributed by atoms with E-state index in [0.29, 0.717) is 20.6 Å². The monoisotopic (exact) mass is 350 g/mol. The van der Waals surface area contributed by atoms with Crippen molar-refractivity contribution in [1.82, 2.24) is 4.98 Å². The lowest BCUT2D eigenvalue weighted by atomic mass is 10.2. The van der Waals surface area contributed by atoms with Crippen molar-refractivity contribution in [2.45, 2.75) is 0 Å². The molecule has 0 saturated carbocycles. The van der Waals surface area contributed by atoms with Crippen LogP contribution in [0.3, 0.4) is 0 Å². The van der Waals surface area contributed by atoms with Gasteiger partial charge in [-0.1, -0.05) is 29.3 Å². The molecule has 110 valence electrons. The van der Waals surface area contributed by atoms with E-state index in [1.807, 2.05) is 0 Å². The number of halogens is 2. The maximum atomic E-state index is 10.7. The molecule has 4 nitrogen and oxygen atoms in total. The molecule has 22 heavy (non-hydrogen) atoms. The summed E-state index contributed by atoms with van der Waals surface area (Å²) in [5, 5.41) is 12.5. The quantitative estimate of drug-likeness (QED) is 0.450. The molecule has 0 bridgehead atoms. The molecule has 0 spiro atoms. The second-order valence-corrected chi connectivity index (χ2v) is 6.28. The van der Waals surface area contributed by atoms with Gasteiger partial charge in [0.2, 0.25) is 0 Å². The molecular weight excluding hydrogens is 343 g/mol. The molecule has 0 fully saturated rings. The van der Waals surface area contributed by atoms with Gasteiger partial charge in [0.1, 0.15) is 5.01 Å². The summed E-state index contributed by atoms with van der Waals surface area (Å²) >= 11 is 13.8. The van der Waals surface area contributed by atoms with E-state index in [2.05, 4.69) is 4.98 Å². The standard InChI is InChI=1S/C15H8Cl2N2O2S/c16-11-2-1-3-12(17)14(11)15-18-8-13(22-15)9-4-6-10(7-5-9)19(20)21/h1-8H. The van der Waals surface area contributed by atoms with Crippen LogP contribution in [0.25, 0.3) is 21.0 Å². The summed E-state index contributed by atoms with van der Waals surface area (Å²) < 4.78 is 0. The summed E-state index contributed by atoms with van der Waals surface area (Å²) in [6.07, 6.45) is 1.71. The lowest BCUT2D eigenvalue weighted by Crippen LogP contribution is -1.86. The second kappa shape index (κ2) is 6.04. The Labute approximate surface area is 140 Å². The first-order valence-corrected chi connectivity index (χ1v) is 7.78. The number of hydrogen-bond donors (Lipinski definition) is 0. The van der Waals surface area contributed by atoms with Crippen LogP contribution in [0.2, 0.25) is 10.0 Å². The third-order valence-corrected chi connectivity index (χ3v) is 4.74. The third-order valence-electron chi connectivity index (χ3n) is 3.04. The maximum absolute atomic E-state index is 10.7. The fourth-order valence-corrected chi connectivity index (χ4v) is 3.66. The molecule has 1 aromatic heterocycles. The van der Waals surface area contributed by atoms with Crippen molar-refractivity contribution in [2.75, 3.05) is 0 Å². The first kappa shape index (κ1) is 15.0. The Kier molecular flexibility index (Phi) is 4.11. The molecule has 0 N–H and O–H groups in total. The molecule has 3 rings (SSSR count). The molecule has 0 aliphatic rings. The lowest BCUT2D eigenvalue weighted by Gasteiger charge is -2.02. The Bertz CT molecular complexity index is 827. The highest BCUT2D eigenvalue weighted by Gasteiger charge is 2.14. The molecule has 2 aromatic carbocycles. The van der Waals surface area contributed by atoms with E-state index in [-0.39, 0.29) is 5.69 Å². The van der Waals surface area contributed by atoms with Crippen LogP contribution in [0.1, 0.15) is 0 Å². The zero-order valence-electron chi connectivity index (χ0n) is 11.0. The molecular formula is C15H8Cl2N2O2S. The number of nitro groups is 1. The fraction of sp³-hybridized carbons (Fsp3) is 0. The topological polar surface area (TPSA) is 56.0 Å². The molecule has 7 heteroatoms. The Morgan fingerprint density at radius 2 is 1.68 bits per heavy atom. The van der Waals surface area contributed by atoms with Gasteiger partial charge in [-0.25, -0.2) is 4.98 Å².